The third-order valence-corrected chi connectivity index (χ3v) is 4.92. The van der Waals surface area contributed by atoms with Crippen molar-refractivity contribution < 1.29 is 4.79 Å². The molecule has 0 saturated heterocycles. The number of nitrogens with one attached hydrogen (secondary N) is 3. The number of carbonyl (C=O) groups is 1. The topological polar surface area (TPSA) is 53.2 Å². The van der Waals surface area contributed by atoms with Gasteiger partial charge in [-0.2, -0.15) is 0 Å². The molecule has 2 saturated carbocycles. The lowest BCUT2D eigenvalue weighted by molar-refractivity contribution is 0.0943. The Morgan fingerprint density at radius 2 is 1.90 bits per heavy atom. The van der Waals surface area contributed by atoms with Gasteiger partial charge in [-0.05, 0) is 67.6 Å². The second kappa shape index (κ2) is 6.20. The van der Waals surface area contributed by atoms with Gasteiger partial charge in [0, 0.05) is 16.6 Å². The lowest BCUT2D eigenvalue weighted by Crippen LogP contribution is -2.50. The van der Waals surface area contributed by atoms with Crippen LogP contribution in [0.4, 0.5) is 0 Å². The fraction of sp³-hybridized carbons (Fsp3) is 0.467. The summed E-state index contributed by atoms with van der Waals surface area (Å²) in [6.07, 6.45) is 5.16. The number of hydrazine groups is 1. The van der Waals surface area contributed by atoms with Crippen LogP contribution in [0.15, 0.2) is 24.3 Å². The fourth-order valence-electron chi connectivity index (χ4n) is 3.41. The van der Waals surface area contributed by atoms with Crippen molar-refractivity contribution in [2.24, 2.45) is 11.8 Å². The zero-order valence-corrected chi connectivity index (χ0v) is 13.1. The van der Waals surface area contributed by atoms with Gasteiger partial charge in [-0.3, -0.25) is 15.6 Å². The number of halogens is 1. The first-order valence-electron chi connectivity index (χ1n) is 7.24. The van der Waals surface area contributed by atoms with Gasteiger partial charge in [-0.15, -0.1) is 0 Å². The van der Waals surface area contributed by atoms with Crippen LogP contribution in [0, 0.1) is 11.8 Å². The van der Waals surface area contributed by atoms with Gasteiger partial charge in [0.05, 0.1) is 0 Å². The minimum absolute atomic E-state index is 0.233. The molecule has 0 unspecified atom stereocenters. The van der Waals surface area contributed by atoms with Crippen molar-refractivity contribution in [3.63, 3.8) is 0 Å². The predicted molar refractivity (Wildman–Crippen MR) is 87.0 cm³/mol. The smallest absolute Gasteiger partial charge is 0.269 e. The lowest BCUT2D eigenvalue weighted by Gasteiger charge is -2.24. The van der Waals surface area contributed by atoms with Crippen molar-refractivity contribution in [2.75, 3.05) is 0 Å². The van der Waals surface area contributed by atoms with Crippen LogP contribution < -0.4 is 16.2 Å². The monoisotopic (exact) mass is 323 g/mol. The molecule has 1 amide bonds. The van der Waals surface area contributed by atoms with Crippen LogP contribution in [0.2, 0.25) is 5.02 Å². The number of benzene rings is 1. The largest absolute Gasteiger partial charge is 0.358 e. The first-order valence-corrected chi connectivity index (χ1v) is 8.03. The van der Waals surface area contributed by atoms with Gasteiger partial charge >= 0.3 is 0 Å². The molecule has 2 fully saturated rings. The van der Waals surface area contributed by atoms with Crippen LogP contribution in [0.25, 0.3) is 0 Å². The summed E-state index contributed by atoms with van der Waals surface area (Å²) in [4.78, 5) is 11.9. The van der Waals surface area contributed by atoms with E-state index in [9.17, 15) is 4.79 Å². The third kappa shape index (κ3) is 3.47. The van der Waals surface area contributed by atoms with E-state index in [1.807, 2.05) is 0 Å². The minimum Gasteiger partial charge on any atom is -0.358 e. The zero-order valence-electron chi connectivity index (χ0n) is 11.6. The Kier molecular flexibility index (Phi) is 4.31. The fourth-order valence-corrected chi connectivity index (χ4v) is 3.74. The standard InChI is InChI=1S/C15H18ClN3OS/c16-12-5-3-10(4-6-12)14(20)18-19-15(21)17-13-8-9-1-2-11(13)7-9/h3-6,9,11,13H,1-2,7-8H2,(H,18,20)(H2,17,19,21)/t9-,11-,13+/m0/s1. The molecule has 0 radical (unpaired) electrons. The average Bonchev–Trinajstić information content (AvgIpc) is 3.08. The van der Waals surface area contributed by atoms with E-state index >= 15 is 0 Å². The molecule has 6 heteroatoms. The average molecular weight is 324 g/mol. The normalized spacial score (nSPS) is 26.4. The second-order valence-electron chi connectivity index (χ2n) is 5.84. The quantitative estimate of drug-likeness (QED) is 0.578. The van der Waals surface area contributed by atoms with Crippen LogP contribution in [0.5, 0.6) is 0 Å². The molecule has 1 aromatic carbocycles. The highest BCUT2D eigenvalue weighted by molar-refractivity contribution is 7.80. The van der Waals surface area contributed by atoms with Crippen molar-refractivity contribution >= 4 is 34.8 Å². The van der Waals surface area contributed by atoms with Crippen molar-refractivity contribution in [3.05, 3.63) is 34.9 Å². The first kappa shape index (κ1) is 14.6. The van der Waals surface area contributed by atoms with E-state index in [0.717, 1.165) is 11.8 Å². The van der Waals surface area contributed by atoms with E-state index in [2.05, 4.69) is 16.2 Å². The number of hydrogen-bond donors (Lipinski definition) is 3. The number of thiocarbonyl (C=S) groups is 1. The maximum absolute atomic E-state index is 11.9. The predicted octanol–water partition coefficient (Wildman–Crippen LogP) is 2.64. The summed E-state index contributed by atoms with van der Waals surface area (Å²) in [5.74, 6) is 1.37. The Morgan fingerprint density at radius 1 is 1.14 bits per heavy atom. The Hall–Kier alpha value is -1.33. The van der Waals surface area contributed by atoms with E-state index in [1.54, 1.807) is 24.3 Å². The Labute approximate surface area is 134 Å². The van der Waals surface area contributed by atoms with Crippen LogP contribution in [0.1, 0.15) is 36.0 Å². The molecule has 3 N–H and O–H groups in total. The molecule has 0 heterocycles. The number of fused-ring (bicyclic) bond motifs is 2. The molecule has 0 aliphatic heterocycles. The van der Waals surface area contributed by atoms with E-state index < -0.39 is 0 Å². The number of hydrogen-bond acceptors (Lipinski definition) is 2. The molecule has 3 atom stereocenters. The number of amides is 1. The number of carbonyl (C=O) groups excluding carboxylic acids is 1. The van der Waals surface area contributed by atoms with Crippen molar-refractivity contribution in [1.82, 2.24) is 16.2 Å². The Bertz CT molecular complexity index is 548. The molecule has 2 bridgehead atoms. The Balaban J connectivity index is 1.45. The summed E-state index contributed by atoms with van der Waals surface area (Å²) >= 11 is 11.0. The van der Waals surface area contributed by atoms with Gasteiger partial charge in [0.15, 0.2) is 5.11 Å². The van der Waals surface area contributed by atoms with E-state index in [0.29, 0.717) is 21.7 Å². The molecule has 3 rings (SSSR count). The lowest BCUT2D eigenvalue weighted by atomic mass is 9.96. The van der Waals surface area contributed by atoms with Gasteiger partial charge in [0.2, 0.25) is 0 Å². The highest BCUT2D eigenvalue weighted by Gasteiger charge is 2.39. The van der Waals surface area contributed by atoms with Crippen LogP contribution >= 0.6 is 23.8 Å². The van der Waals surface area contributed by atoms with Crippen LogP contribution in [-0.2, 0) is 0 Å². The summed E-state index contributed by atoms with van der Waals surface area (Å²) in [5.41, 5.74) is 5.91. The molecular weight excluding hydrogens is 306 g/mol. The van der Waals surface area contributed by atoms with Crippen molar-refractivity contribution in [3.8, 4) is 0 Å². The maximum atomic E-state index is 11.9. The highest BCUT2D eigenvalue weighted by Crippen LogP contribution is 2.44. The van der Waals surface area contributed by atoms with E-state index in [4.69, 9.17) is 23.8 Å². The zero-order chi connectivity index (χ0) is 14.8. The molecule has 2 aliphatic carbocycles. The van der Waals surface area contributed by atoms with E-state index in [-0.39, 0.29) is 5.91 Å². The van der Waals surface area contributed by atoms with E-state index in [1.165, 1.54) is 25.7 Å². The summed E-state index contributed by atoms with van der Waals surface area (Å²) in [6.45, 7) is 0. The van der Waals surface area contributed by atoms with Gasteiger partial charge in [-0.25, -0.2) is 0 Å². The molecule has 4 nitrogen and oxygen atoms in total. The highest BCUT2D eigenvalue weighted by atomic mass is 35.5. The van der Waals surface area contributed by atoms with Crippen molar-refractivity contribution in [1.29, 1.82) is 0 Å². The van der Waals surface area contributed by atoms with Crippen molar-refractivity contribution in [2.45, 2.75) is 31.7 Å². The number of rotatable bonds is 2. The molecule has 2 aliphatic rings. The minimum atomic E-state index is -0.233. The van der Waals surface area contributed by atoms with Gasteiger partial charge in [0.1, 0.15) is 0 Å². The molecule has 1 aromatic rings. The SMILES string of the molecule is O=C(NNC(=S)N[C@@H]1C[C@H]2CC[C@H]1C2)c1ccc(Cl)cc1. The molecule has 0 aromatic heterocycles. The third-order valence-electron chi connectivity index (χ3n) is 4.45. The Morgan fingerprint density at radius 3 is 2.52 bits per heavy atom. The molecule has 21 heavy (non-hydrogen) atoms. The molecule has 0 spiro atoms. The van der Waals surface area contributed by atoms with Gasteiger partial charge in [-0.1, -0.05) is 18.0 Å². The van der Waals surface area contributed by atoms with Gasteiger partial charge in [0.25, 0.3) is 5.91 Å². The van der Waals surface area contributed by atoms with Crippen LogP contribution in [0.3, 0.4) is 0 Å². The summed E-state index contributed by atoms with van der Waals surface area (Å²) in [6, 6.07) is 7.17. The summed E-state index contributed by atoms with van der Waals surface area (Å²) in [7, 11) is 0. The maximum Gasteiger partial charge on any atom is 0.269 e. The molecule has 112 valence electrons. The first-order chi connectivity index (χ1) is 10.1. The second-order valence-corrected chi connectivity index (χ2v) is 6.69. The molecular formula is C15H18ClN3OS. The summed E-state index contributed by atoms with van der Waals surface area (Å²) in [5, 5.41) is 4.40. The summed E-state index contributed by atoms with van der Waals surface area (Å²) < 4.78 is 0. The van der Waals surface area contributed by atoms with Gasteiger partial charge < -0.3 is 5.32 Å². The van der Waals surface area contributed by atoms with Crippen LogP contribution in [-0.4, -0.2) is 17.1 Å².